The molecule has 82 valence electrons. The third kappa shape index (κ3) is 13.0. The lowest BCUT2D eigenvalue weighted by Crippen LogP contribution is -2.32. The van der Waals surface area contributed by atoms with Crippen molar-refractivity contribution in [2.75, 3.05) is 6.54 Å². The van der Waals surface area contributed by atoms with Crippen LogP contribution in [0.4, 0.5) is 0 Å². The van der Waals surface area contributed by atoms with Gasteiger partial charge < -0.3 is 26.8 Å². The zero-order valence-corrected chi connectivity index (χ0v) is 7.21. The molecule has 0 aromatic rings. The summed E-state index contributed by atoms with van der Waals surface area (Å²) in [6, 6.07) is -1.29. The van der Waals surface area contributed by atoms with Crippen LogP contribution in [0.5, 0.6) is 0 Å². The maximum atomic E-state index is 9.85. The Morgan fingerprint density at radius 3 is 1.50 bits per heavy atom. The van der Waals surface area contributed by atoms with Gasteiger partial charge in [-0.2, -0.15) is 0 Å². The molecule has 0 spiro atoms. The normalized spacial score (nSPS) is 10.7. The van der Waals surface area contributed by atoms with Gasteiger partial charge in [-0.1, -0.05) is 0 Å². The van der Waals surface area contributed by atoms with E-state index in [0.29, 0.717) is 0 Å². The van der Waals surface area contributed by atoms with Crippen molar-refractivity contribution in [3.8, 4) is 0 Å². The molecule has 0 aliphatic heterocycles. The lowest BCUT2D eigenvalue weighted by atomic mass is 10.2. The van der Waals surface area contributed by atoms with Gasteiger partial charge in [-0.05, 0) is 0 Å². The molecule has 1 atom stereocenters. The molecule has 0 heterocycles. The van der Waals surface area contributed by atoms with E-state index in [-0.39, 0.29) is 6.54 Å². The Balaban J connectivity index is 0. The predicted octanol–water partition coefficient (Wildman–Crippen LogP) is -2.10. The Bertz CT molecular complexity index is 216. The molecule has 0 saturated carbocycles. The van der Waals surface area contributed by atoms with Crippen LogP contribution >= 0.6 is 0 Å². The number of carbonyl (C=O) groups is 3. The highest BCUT2D eigenvalue weighted by molar-refractivity contribution is 5.80. The van der Waals surface area contributed by atoms with E-state index < -0.39 is 30.4 Å². The van der Waals surface area contributed by atoms with E-state index in [1.807, 2.05) is 0 Å². The van der Waals surface area contributed by atoms with Gasteiger partial charge in [-0.3, -0.25) is 14.4 Å². The molecule has 0 saturated heterocycles. The summed E-state index contributed by atoms with van der Waals surface area (Å²) in [5, 5.41) is 23.6. The van der Waals surface area contributed by atoms with Crippen molar-refractivity contribution in [3.05, 3.63) is 0 Å². The monoisotopic (exact) mass is 208 g/mol. The Morgan fingerprint density at radius 1 is 1.07 bits per heavy atom. The topological polar surface area (TPSA) is 164 Å². The SMILES string of the molecule is NCC(=O)O.N[C@@H](CC(=O)O)C(=O)O. The second kappa shape index (κ2) is 7.95. The molecule has 0 aromatic heterocycles. The fourth-order valence-electron chi connectivity index (χ4n) is 0.275. The van der Waals surface area contributed by atoms with Crippen molar-refractivity contribution in [1.82, 2.24) is 0 Å². The highest BCUT2D eigenvalue weighted by atomic mass is 16.4. The van der Waals surface area contributed by atoms with Crippen LogP contribution in [0.2, 0.25) is 0 Å². The Morgan fingerprint density at radius 2 is 1.43 bits per heavy atom. The Hall–Kier alpha value is -1.67. The largest absolute Gasteiger partial charge is 0.481 e. The van der Waals surface area contributed by atoms with E-state index in [4.69, 9.17) is 21.1 Å². The third-order valence-corrected chi connectivity index (χ3v) is 0.886. The maximum Gasteiger partial charge on any atom is 0.321 e. The smallest absolute Gasteiger partial charge is 0.321 e. The lowest BCUT2D eigenvalue weighted by Gasteiger charge is -1.99. The molecule has 14 heavy (non-hydrogen) atoms. The number of rotatable bonds is 4. The van der Waals surface area contributed by atoms with Crippen molar-refractivity contribution in [2.24, 2.45) is 11.5 Å². The zero-order chi connectivity index (χ0) is 11.7. The molecule has 0 rings (SSSR count). The highest BCUT2D eigenvalue weighted by Gasteiger charge is 2.14. The summed E-state index contributed by atoms with van der Waals surface area (Å²) in [4.78, 5) is 28.9. The molecule has 0 aliphatic rings. The van der Waals surface area contributed by atoms with Crippen LogP contribution in [0.15, 0.2) is 0 Å². The number of aliphatic carboxylic acids is 3. The fraction of sp³-hybridized carbons (Fsp3) is 0.500. The summed E-state index contributed by atoms with van der Waals surface area (Å²) in [7, 11) is 0. The number of hydrogen-bond donors (Lipinski definition) is 5. The van der Waals surface area contributed by atoms with Gasteiger partial charge in [-0.25, -0.2) is 0 Å². The summed E-state index contributed by atoms with van der Waals surface area (Å²) in [5.41, 5.74) is 9.41. The molecule has 0 aliphatic carbocycles. The second-order valence-corrected chi connectivity index (χ2v) is 2.14. The predicted molar refractivity (Wildman–Crippen MR) is 44.6 cm³/mol. The molecule has 0 fully saturated rings. The minimum atomic E-state index is -1.29. The standard InChI is InChI=1S/C4H7NO4.C2H5NO2/c5-2(4(8)9)1-3(6)7;3-1-2(4)5/h2H,1,5H2,(H,6,7)(H,8,9);1,3H2,(H,4,5)/t2-;/m0./s1. The Labute approximate surface area is 79.1 Å². The summed E-state index contributed by atoms with van der Waals surface area (Å²) < 4.78 is 0. The van der Waals surface area contributed by atoms with Gasteiger partial charge in [-0.15, -0.1) is 0 Å². The average Bonchev–Trinajstić information content (AvgIpc) is 2.04. The summed E-state index contributed by atoms with van der Waals surface area (Å²) >= 11 is 0. The van der Waals surface area contributed by atoms with Crippen LogP contribution in [0.25, 0.3) is 0 Å². The molecule has 8 nitrogen and oxygen atoms in total. The molecule has 0 bridgehead atoms. The second-order valence-electron chi connectivity index (χ2n) is 2.14. The van der Waals surface area contributed by atoms with Gasteiger partial charge in [0.25, 0.3) is 0 Å². The highest BCUT2D eigenvalue weighted by Crippen LogP contribution is 1.86. The minimum absolute atomic E-state index is 0.278. The van der Waals surface area contributed by atoms with E-state index in [9.17, 15) is 14.4 Å². The molecular weight excluding hydrogens is 196 g/mol. The number of carboxylic acids is 3. The first-order valence-corrected chi connectivity index (χ1v) is 3.43. The van der Waals surface area contributed by atoms with E-state index in [0.717, 1.165) is 0 Å². The Kier molecular flexibility index (Phi) is 8.43. The van der Waals surface area contributed by atoms with E-state index in [1.165, 1.54) is 0 Å². The number of hydrogen-bond acceptors (Lipinski definition) is 5. The van der Waals surface area contributed by atoms with Crippen LogP contribution in [0.1, 0.15) is 6.42 Å². The van der Waals surface area contributed by atoms with Crippen LogP contribution in [0, 0.1) is 0 Å². The molecule has 0 unspecified atom stereocenters. The van der Waals surface area contributed by atoms with Crippen LogP contribution < -0.4 is 11.5 Å². The summed E-state index contributed by atoms with van der Waals surface area (Å²) in [5.74, 6) is -3.47. The number of carboxylic acid groups (broad SMARTS) is 3. The molecule has 0 aromatic carbocycles. The molecule has 7 N–H and O–H groups in total. The van der Waals surface area contributed by atoms with Crippen molar-refractivity contribution < 1.29 is 29.7 Å². The van der Waals surface area contributed by atoms with Crippen molar-refractivity contribution in [1.29, 1.82) is 0 Å². The van der Waals surface area contributed by atoms with Crippen molar-refractivity contribution in [2.45, 2.75) is 12.5 Å². The first-order chi connectivity index (χ1) is 6.31. The molecule has 0 amide bonds. The van der Waals surface area contributed by atoms with E-state index in [2.05, 4.69) is 5.73 Å². The van der Waals surface area contributed by atoms with Crippen LogP contribution in [-0.2, 0) is 14.4 Å². The first kappa shape index (κ1) is 14.8. The van der Waals surface area contributed by atoms with Crippen molar-refractivity contribution >= 4 is 17.9 Å². The van der Waals surface area contributed by atoms with Crippen LogP contribution in [0.3, 0.4) is 0 Å². The third-order valence-electron chi connectivity index (χ3n) is 0.886. The van der Waals surface area contributed by atoms with Gasteiger partial charge in [0.1, 0.15) is 6.04 Å². The van der Waals surface area contributed by atoms with Gasteiger partial charge >= 0.3 is 17.9 Å². The van der Waals surface area contributed by atoms with Gasteiger partial charge in [0, 0.05) is 0 Å². The zero-order valence-electron chi connectivity index (χ0n) is 7.21. The van der Waals surface area contributed by atoms with Crippen molar-refractivity contribution in [3.63, 3.8) is 0 Å². The van der Waals surface area contributed by atoms with E-state index >= 15 is 0 Å². The minimum Gasteiger partial charge on any atom is -0.481 e. The lowest BCUT2D eigenvalue weighted by molar-refractivity contribution is -0.144. The van der Waals surface area contributed by atoms with Gasteiger partial charge in [0.15, 0.2) is 0 Å². The summed E-state index contributed by atoms with van der Waals surface area (Å²) in [6.07, 6.45) is -0.532. The first-order valence-electron chi connectivity index (χ1n) is 3.43. The van der Waals surface area contributed by atoms with Gasteiger partial charge in [0.2, 0.25) is 0 Å². The fourth-order valence-corrected chi connectivity index (χ4v) is 0.275. The molecular formula is C6H12N2O6. The summed E-state index contributed by atoms with van der Waals surface area (Å²) in [6.45, 7) is -0.278. The quantitative estimate of drug-likeness (QED) is 0.350. The molecule has 8 heteroatoms. The van der Waals surface area contributed by atoms with Crippen LogP contribution in [-0.4, -0.2) is 45.8 Å². The maximum absolute atomic E-state index is 9.85. The average molecular weight is 208 g/mol. The van der Waals surface area contributed by atoms with Gasteiger partial charge in [0.05, 0.1) is 13.0 Å². The molecule has 0 radical (unpaired) electrons. The number of nitrogens with two attached hydrogens (primary N) is 2. The van der Waals surface area contributed by atoms with E-state index in [1.54, 1.807) is 0 Å².